The molecule has 3 amide bonds. The first-order chi connectivity index (χ1) is 18.5. The van der Waals surface area contributed by atoms with Crippen LogP contribution >= 0.6 is 15.9 Å². The van der Waals surface area contributed by atoms with Gasteiger partial charge < -0.3 is 10.2 Å². The van der Waals surface area contributed by atoms with E-state index in [1.54, 1.807) is 11.0 Å². The Morgan fingerprint density at radius 1 is 0.895 bits per heavy atom. The number of benzene rings is 4. The first kappa shape index (κ1) is 25.7. The molecule has 0 aromatic heterocycles. The van der Waals surface area contributed by atoms with E-state index in [4.69, 9.17) is 0 Å². The zero-order valence-corrected chi connectivity index (χ0v) is 22.6. The van der Waals surface area contributed by atoms with Gasteiger partial charge in [-0.15, -0.1) is 0 Å². The average molecular weight is 570 g/mol. The molecule has 4 aromatic rings. The van der Waals surface area contributed by atoms with Crippen LogP contribution < -0.4 is 10.2 Å². The van der Waals surface area contributed by atoms with Crippen molar-refractivity contribution in [2.75, 3.05) is 18.0 Å². The number of amides is 3. The van der Waals surface area contributed by atoms with E-state index in [0.717, 1.165) is 32.1 Å². The molecule has 1 heterocycles. The van der Waals surface area contributed by atoms with E-state index in [0.29, 0.717) is 18.5 Å². The fraction of sp³-hybridized carbons (Fsp3) is 0.194. The van der Waals surface area contributed by atoms with E-state index in [2.05, 4.69) is 21.2 Å². The standard InChI is InChI=1S/C31H28BrN3O3/c1-2-33-30(37)27(18-21-8-4-3-5-9-21)34(19-22-14-16-24(32)17-15-22)28(36)20-35-26-13-7-11-23-10-6-12-25(29(23)26)31(35)38/h3-17,27H,2,18-20H2,1H3,(H,33,37)/t27-/m1/s1. The highest BCUT2D eigenvalue weighted by Crippen LogP contribution is 2.37. The van der Waals surface area contributed by atoms with Crippen molar-refractivity contribution in [3.05, 3.63) is 112 Å². The molecule has 6 nitrogen and oxygen atoms in total. The molecule has 0 unspecified atom stereocenters. The lowest BCUT2D eigenvalue weighted by molar-refractivity contribution is -0.140. The van der Waals surface area contributed by atoms with Gasteiger partial charge in [0.1, 0.15) is 12.6 Å². The SMILES string of the molecule is CCNC(=O)[C@@H](Cc1ccccc1)N(Cc1ccc(Br)cc1)C(=O)CN1C(=O)c2cccc3cccc1c23. The Morgan fingerprint density at radius 3 is 2.32 bits per heavy atom. The number of carbonyl (C=O) groups is 3. The number of carbonyl (C=O) groups excluding carboxylic acids is 3. The lowest BCUT2D eigenvalue weighted by Gasteiger charge is -2.33. The van der Waals surface area contributed by atoms with Gasteiger partial charge in [-0.1, -0.05) is 82.7 Å². The van der Waals surface area contributed by atoms with E-state index in [1.165, 1.54) is 4.90 Å². The number of nitrogens with zero attached hydrogens (tertiary/aromatic N) is 2. The second-order valence-electron chi connectivity index (χ2n) is 9.32. The largest absolute Gasteiger partial charge is 0.355 e. The summed E-state index contributed by atoms with van der Waals surface area (Å²) in [7, 11) is 0. The molecule has 1 atom stereocenters. The Hall–Kier alpha value is -3.97. The van der Waals surface area contributed by atoms with Crippen LogP contribution in [0.2, 0.25) is 0 Å². The van der Waals surface area contributed by atoms with Crippen molar-refractivity contribution < 1.29 is 14.4 Å². The second kappa shape index (κ2) is 11.2. The molecule has 0 radical (unpaired) electrons. The zero-order valence-electron chi connectivity index (χ0n) is 21.1. The zero-order chi connectivity index (χ0) is 26.6. The second-order valence-corrected chi connectivity index (χ2v) is 10.2. The van der Waals surface area contributed by atoms with Gasteiger partial charge in [-0.3, -0.25) is 19.3 Å². The number of likely N-dealkylation sites (N-methyl/N-ethyl adjacent to an activating group) is 1. The van der Waals surface area contributed by atoms with Gasteiger partial charge in [-0.2, -0.15) is 0 Å². The van der Waals surface area contributed by atoms with Crippen LogP contribution in [0, 0.1) is 0 Å². The normalized spacial score (nSPS) is 13.0. The van der Waals surface area contributed by atoms with E-state index < -0.39 is 6.04 Å². The number of halogens is 1. The molecule has 0 bridgehead atoms. The fourth-order valence-electron chi connectivity index (χ4n) is 4.99. The minimum atomic E-state index is -0.746. The highest BCUT2D eigenvalue weighted by atomic mass is 79.9. The van der Waals surface area contributed by atoms with Crippen LogP contribution in [-0.4, -0.2) is 41.8 Å². The average Bonchev–Trinajstić information content (AvgIpc) is 3.20. The third kappa shape index (κ3) is 5.20. The van der Waals surface area contributed by atoms with Gasteiger partial charge in [-0.25, -0.2) is 0 Å². The molecule has 0 aliphatic carbocycles. The summed E-state index contributed by atoms with van der Waals surface area (Å²) in [5.41, 5.74) is 3.15. The van der Waals surface area contributed by atoms with Gasteiger partial charge in [0.05, 0.1) is 5.69 Å². The van der Waals surface area contributed by atoms with Crippen LogP contribution in [-0.2, 0) is 22.6 Å². The Bertz CT molecular complexity index is 1480. The summed E-state index contributed by atoms with van der Waals surface area (Å²) >= 11 is 3.46. The maximum Gasteiger partial charge on any atom is 0.259 e. The van der Waals surface area contributed by atoms with Gasteiger partial charge in [0.2, 0.25) is 11.8 Å². The molecule has 4 aromatic carbocycles. The van der Waals surface area contributed by atoms with Gasteiger partial charge in [0.15, 0.2) is 0 Å². The summed E-state index contributed by atoms with van der Waals surface area (Å²) in [5.74, 6) is -0.718. The maximum atomic E-state index is 14.1. The number of rotatable bonds is 9. The smallest absolute Gasteiger partial charge is 0.259 e. The van der Waals surface area contributed by atoms with Crippen LogP contribution in [0.15, 0.2) is 95.5 Å². The molecular weight excluding hydrogens is 542 g/mol. The van der Waals surface area contributed by atoms with Crippen LogP contribution in [0.1, 0.15) is 28.4 Å². The molecule has 0 fully saturated rings. The van der Waals surface area contributed by atoms with Crippen LogP contribution in [0.5, 0.6) is 0 Å². The number of anilines is 1. The van der Waals surface area contributed by atoms with Gasteiger partial charge in [-0.05, 0) is 47.7 Å². The third-order valence-corrected chi connectivity index (χ3v) is 7.36. The molecule has 1 aliphatic rings. The Labute approximate surface area is 230 Å². The number of hydrogen-bond donors (Lipinski definition) is 1. The Kier molecular flexibility index (Phi) is 7.56. The number of nitrogens with one attached hydrogen (secondary N) is 1. The molecule has 5 rings (SSSR count). The molecule has 0 saturated carbocycles. The molecule has 38 heavy (non-hydrogen) atoms. The van der Waals surface area contributed by atoms with Crippen LogP contribution in [0.25, 0.3) is 10.8 Å². The molecule has 192 valence electrons. The summed E-state index contributed by atoms with van der Waals surface area (Å²) in [4.78, 5) is 44.0. The highest BCUT2D eigenvalue weighted by molar-refractivity contribution is 9.10. The van der Waals surface area contributed by atoms with Crippen molar-refractivity contribution in [2.24, 2.45) is 0 Å². The number of hydrogen-bond acceptors (Lipinski definition) is 3. The monoisotopic (exact) mass is 569 g/mol. The topological polar surface area (TPSA) is 69.7 Å². The van der Waals surface area contributed by atoms with Crippen molar-refractivity contribution in [3.8, 4) is 0 Å². The van der Waals surface area contributed by atoms with Crippen molar-refractivity contribution in [1.82, 2.24) is 10.2 Å². The van der Waals surface area contributed by atoms with E-state index in [9.17, 15) is 14.4 Å². The van der Waals surface area contributed by atoms with Crippen LogP contribution in [0.3, 0.4) is 0 Å². The molecule has 0 spiro atoms. The van der Waals surface area contributed by atoms with Crippen molar-refractivity contribution in [2.45, 2.75) is 25.9 Å². The van der Waals surface area contributed by atoms with Crippen molar-refractivity contribution in [3.63, 3.8) is 0 Å². The maximum absolute atomic E-state index is 14.1. The van der Waals surface area contributed by atoms with Gasteiger partial charge in [0.25, 0.3) is 5.91 Å². The minimum absolute atomic E-state index is 0.159. The predicted octanol–water partition coefficient (Wildman–Crippen LogP) is 5.34. The van der Waals surface area contributed by atoms with Gasteiger partial charge >= 0.3 is 0 Å². The fourth-order valence-corrected chi connectivity index (χ4v) is 5.26. The first-order valence-corrected chi connectivity index (χ1v) is 13.4. The summed E-state index contributed by atoms with van der Waals surface area (Å²) in [5, 5.41) is 4.72. The molecule has 7 heteroatoms. The van der Waals surface area contributed by atoms with E-state index in [-0.39, 0.29) is 30.8 Å². The summed E-state index contributed by atoms with van der Waals surface area (Å²) in [6, 6.07) is 28.0. The molecular formula is C31H28BrN3O3. The summed E-state index contributed by atoms with van der Waals surface area (Å²) in [6.07, 6.45) is 0.360. The third-order valence-electron chi connectivity index (χ3n) is 6.83. The first-order valence-electron chi connectivity index (χ1n) is 12.7. The van der Waals surface area contributed by atoms with Crippen molar-refractivity contribution >= 4 is 50.1 Å². The Balaban J connectivity index is 1.50. The lowest BCUT2D eigenvalue weighted by Crippen LogP contribution is -2.53. The van der Waals surface area contributed by atoms with Gasteiger partial charge in [0, 0.05) is 34.9 Å². The highest BCUT2D eigenvalue weighted by Gasteiger charge is 2.35. The van der Waals surface area contributed by atoms with E-state index in [1.807, 2.05) is 91.9 Å². The van der Waals surface area contributed by atoms with Crippen molar-refractivity contribution in [1.29, 1.82) is 0 Å². The minimum Gasteiger partial charge on any atom is -0.355 e. The molecule has 1 N–H and O–H groups in total. The lowest BCUT2D eigenvalue weighted by atomic mass is 10.0. The quantitative estimate of drug-likeness (QED) is 0.296. The van der Waals surface area contributed by atoms with Crippen LogP contribution in [0.4, 0.5) is 5.69 Å². The molecule has 0 saturated heterocycles. The molecule has 1 aliphatic heterocycles. The summed E-state index contributed by atoms with van der Waals surface area (Å²) in [6.45, 7) is 2.39. The van der Waals surface area contributed by atoms with E-state index >= 15 is 0 Å². The predicted molar refractivity (Wildman–Crippen MR) is 153 cm³/mol. The summed E-state index contributed by atoms with van der Waals surface area (Å²) < 4.78 is 0.928. The Morgan fingerprint density at radius 2 is 1.61 bits per heavy atom.